The maximum atomic E-state index is 13.5. The highest BCUT2D eigenvalue weighted by Gasteiger charge is 2.35. The summed E-state index contributed by atoms with van der Waals surface area (Å²) in [5.41, 5.74) is 1.05. The van der Waals surface area contributed by atoms with Gasteiger partial charge in [-0.2, -0.15) is 0 Å². The number of hydrogen-bond donors (Lipinski definition) is 0. The van der Waals surface area contributed by atoms with Gasteiger partial charge in [0, 0.05) is 17.6 Å². The summed E-state index contributed by atoms with van der Waals surface area (Å²) >= 11 is 3.25. The molecule has 1 aliphatic heterocycles. The van der Waals surface area contributed by atoms with E-state index in [0.29, 0.717) is 11.1 Å². The van der Waals surface area contributed by atoms with Crippen molar-refractivity contribution in [2.45, 2.75) is 13.8 Å². The third-order valence-electron chi connectivity index (χ3n) is 2.49. The predicted molar refractivity (Wildman–Crippen MR) is 60.1 cm³/mol. The molecule has 0 N–H and O–H groups in total. The number of benzene rings is 1. The molecule has 2 rings (SSSR count). The SMILES string of the molecule is CC1(C)CN(c2ccc(Br)cc2F)C1. The molecule has 1 aliphatic rings. The first-order valence-electron chi connectivity index (χ1n) is 4.68. The van der Waals surface area contributed by atoms with Crippen molar-refractivity contribution in [3.63, 3.8) is 0 Å². The van der Waals surface area contributed by atoms with E-state index in [1.165, 1.54) is 6.07 Å². The lowest BCUT2D eigenvalue weighted by molar-refractivity contribution is 0.274. The summed E-state index contributed by atoms with van der Waals surface area (Å²) in [7, 11) is 0. The second kappa shape index (κ2) is 3.23. The van der Waals surface area contributed by atoms with Gasteiger partial charge in [-0.25, -0.2) is 4.39 Å². The van der Waals surface area contributed by atoms with E-state index in [4.69, 9.17) is 0 Å². The van der Waals surface area contributed by atoms with E-state index in [1.807, 2.05) is 12.1 Å². The molecule has 1 saturated heterocycles. The van der Waals surface area contributed by atoms with E-state index in [2.05, 4.69) is 34.7 Å². The molecular formula is C11H13BrFN. The van der Waals surface area contributed by atoms with E-state index in [9.17, 15) is 4.39 Å². The quantitative estimate of drug-likeness (QED) is 0.745. The van der Waals surface area contributed by atoms with Crippen LogP contribution in [-0.4, -0.2) is 13.1 Å². The Morgan fingerprint density at radius 2 is 2.00 bits per heavy atom. The van der Waals surface area contributed by atoms with Gasteiger partial charge in [0.25, 0.3) is 0 Å². The van der Waals surface area contributed by atoms with E-state index in [-0.39, 0.29) is 5.82 Å². The Morgan fingerprint density at radius 3 is 2.50 bits per heavy atom. The summed E-state index contributed by atoms with van der Waals surface area (Å²) < 4.78 is 14.3. The predicted octanol–water partition coefficient (Wildman–Crippen LogP) is 3.43. The minimum atomic E-state index is -0.144. The van der Waals surface area contributed by atoms with Gasteiger partial charge in [0.15, 0.2) is 0 Å². The Hall–Kier alpha value is -0.570. The molecule has 1 fully saturated rings. The lowest BCUT2D eigenvalue weighted by Crippen LogP contribution is -2.53. The summed E-state index contributed by atoms with van der Waals surface area (Å²) in [4.78, 5) is 2.07. The van der Waals surface area contributed by atoms with Gasteiger partial charge in [0.1, 0.15) is 5.82 Å². The topological polar surface area (TPSA) is 3.24 Å². The van der Waals surface area contributed by atoms with Gasteiger partial charge < -0.3 is 4.90 Å². The van der Waals surface area contributed by atoms with Crippen molar-refractivity contribution in [2.75, 3.05) is 18.0 Å². The van der Waals surface area contributed by atoms with Gasteiger partial charge in [-0.15, -0.1) is 0 Å². The Kier molecular flexibility index (Phi) is 2.30. The highest BCUT2D eigenvalue weighted by Crippen LogP contribution is 2.35. The third kappa shape index (κ3) is 1.78. The Balaban J connectivity index is 2.19. The van der Waals surface area contributed by atoms with Crippen LogP contribution in [0.3, 0.4) is 0 Å². The average Bonchev–Trinajstić information content (AvgIpc) is 2.00. The fourth-order valence-corrected chi connectivity index (χ4v) is 2.23. The van der Waals surface area contributed by atoms with E-state index in [0.717, 1.165) is 17.6 Å². The molecule has 0 bridgehead atoms. The average molecular weight is 258 g/mol. The highest BCUT2D eigenvalue weighted by molar-refractivity contribution is 9.10. The van der Waals surface area contributed by atoms with Gasteiger partial charge in [-0.3, -0.25) is 0 Å². The van der Waals surface area contributed by atoms with Crippen LogP contribution < -0.4 is 4.90 Å². The summed E-state index contributed by atoms with van der Waals surface area (Å²) in [6.07, 6.45) is 0. The van der Waals surface area contributed by atoms with Crippen molar-refractivity contribution in [3.8, 4) is 0 Å². The molecule has 0 saturated carbocycles. The summed E-state index contributed by atoms with van der Waals surface area (Å²) in [5, 5.41) is 0. The van der Waals surface area contributed by atoms with Crippen molar-refractivity contribution in [1.82, 2.24) is 0 Å². The van der Waals surface area contributed by atoms with Gasteiger partial charge in [0.2, 0.25) is 0 Å². The summed E-state index contributed by atoms with van der Waals surface area (Å²) in [5.74, 6) is -0.144. The maximum absolute atomic E-state index is 13.5. The second-order valence-electron chi connectivity index (χ2n) is 4.62. The van der Waals surface area contributed by atoms with Crippen LogP contribution in [0, 0.1) is 11.2 Å². The maximum Gasteiger partial charge on any atom is 0.147 e. The molecule has 0 radical (unpaired) electrons. The van der Waals surface area contributed by atoms with Crippen molar-refractivity contribution in [2.24, 2.45) is 5.41 Å². The molecule has 0 unspecified atom stereocenters. The summed E-state index contributed by atoms with van der Waals surface area (Å²) in [6, 6.07) is 5.22. The molecule has 1 aromatic carbocycles. The first-order valence-corrected chi connectivity index (χ1v) is 5.47. The molecule has 1 aromatic rings. The molecule has 76 valence electrons. The van der Waals surface area contributed by atoms with Crippen LogP contribution in [0.5, 0.6) is 0 Å². The minimum Gasteiger partial charge on any atom is -0.368 e. The second-order valence-corrected chi connectivity index (χ2v) is 5.53. The zero-order valence-corrected chi connectivity index (χ0v) is 9.94. The van der Waals surface area contributed by atoms with Crippen LogP contribution in [0.25, 0.3) is 0 Å². The Bertz CT molecular complexity index is 354. The van der Waals surface area contributed by atoms with E-state index in [1.54, 1.807) is 0 Å². The molecular weight excluding hydrogens is 245 g/mol. The largest absolute Gasteiger partial charge is 0.368 e. The van der Waals surface area contributed by atoms with Crippen molar-refractivity contribution < 1.29 is 4.39 Å². The highest BCUT2D eigenvalue weighted by atomic mass is 79.9. The van der Waals surface area contributed by atoms with Gasteiger partial charge in [0.05, 0.1) is 5.69 Å². The van der Waals surface area contributed by atoms with Gasteiger partial charge >= 0.3 is 0 Å². The first-order chi connectivity index (χ1) is 6.48. The van der Waals surface area contributed by atoms with Gasteiger partial charge in [-0.05, 0) is 23.6 Å². The molecule has 0 amide bonds. The Labute approximate surface area is 92.0 Å². The van der Waals surface area contributed by atoms with E-state index < -0.39 is 0 Å². The normalized spacial score (nSPS) is 19.3. The molecule has 0 spiro atoms. The lowest BCUT2D eigenvalue weighted by atomic mass is 9.84. The number of rotatable bonds is 1. The van der Waals surface area contributed by atoms with E-state index >= 15 is 0 Å². The molecule has 1 nitrogen and oxygen atoms in total. The molecule has 0 atom stereocenters. The third-order valence-corrected chi connectivity index (χ3v) is 2.98. The number of nitrogens with zero attached hydrogens (tertiary/aromatic N) is 1. The number of anilines is 1. The fourth-order valence-electron chi connectivity index (χ4n) is 1.90. The van der Waals surface area contributed by atoms with Crippen molar-refractivity contribution in [1.29, 1.82) is 0 Å². The summed E-state index contributed by atoms with van der Waals surface area (Å²) in [6.45, 7) is 6.26. The zero-order valence-electron chi connectivity index (χ0n) is 8.35. The molecule has 0 aromatic heterocycles. The molecule has 0 aliphatic carbocycles. The van der Waals surface area contributed by atoms with Crippen molar-refractivity contribution >= 4 is 21.6 Å². The fraction of sp³-hybridized carbons (Fsp3) is 0.455. The minimum absolute atomic E-state index is 0.144. The van der Waals surface area contributed by atoms with Crippen LogP contribution >= 0.6 is 15.9 Å². The van der Waals surface area contributed by atoms with Crippen LogP contribution in [-0.2, 0) is 0 Å². The smallest absolute Gasteiger partial charge is 0.147 e. The lowest BCUT2D eigenvalue weighted by Gasteiger charge is -2.47. The van der Waals surface area contributed by atoms with Crippen LogP contribution in [0.1, 0.15) is 13.8 Å². The van der Waals surface area contributed by atoms with Gasteiger partial charge in [-0.1, -0.05) is 29.8 Å². The first kappa shape index (κ1) is 9.97. The van der Waals surface area contributed by atoms with Crippen LogP contribution in [0.4, 0.5) is 10.1 Å². The molecule has 3 heteroatoms. The Morgan fingerprint density at radius 1 is 1.36 bits per heavy atom. The number of hydrogen-bond acceptors (Lipinski definition) is 1. The van der Waals surface area contributed by atoms with Crippen molar-refractivity contribution in [3.05, 3.63) is 28.5 Å². The van der Waals surface area contributed by atoms with Crippen LogP contribution in [0.15, 0.2) is 22.7 Å². The monoisotopic (exact) mass is 257 g/mol. The zero-order chi connectivity index (χ0) is 10.3. The van der Waals surface area contributed by atoms with Crippen LogP contribution in [0.2, 0.25) is 0 Å². The molecule has 14 heavy (non-hydrogen) atoms. The standard InChI is InChI=1S/C11H13BrFN/c1-11(2)6-14(7-11)10-4-3-8(12)5-9(10)13/h3-5H,6-7H2,1-2H3. The number of halogens is 2. The molecule has 1 heterocycles.